The molecule has 1 aromatic rings. The fourth-order valence-corrected chi connectivity index (χ4v) is 8.20. The zero-order valence-corrected chi connectivity index (χ0v) is 15.2. The molecule has 2 bridgehead atoms. The summed E-state index contributed by atoms with van der Waals surface area (Å²) in [6.45, 7) is 3.44. The van der Waals surface area contributed by atoms with Crippen LogP contribution in [0.4, 0.5) is 5.69 Å². The average Bonchev–Trinajstić information content (AvgIpc) is 3.27. The summed E-state index contributed by atoms with van der Waals surface area (Å²) in [6, 6.07) is 8.39. The van der Waals surface area contributed by atoms with Crippen LogP contribution in [-0.2, 0) is 14.9 Å². The van der Waals surface area contributed by atoms with Crippen molar-refractivity contribution in [3.8, 4) is 0 Å². The fourth-order valence-electron chi connectivity index (χ4n) is 8.20. The number of rotatable bonds is 1. The molecule has 136 valence electrons. The van der Waals surface area contributed by atoms with E-state index in [1.807, 2.05) is 6.07 Å². The number of quaternary nitrogens is 1. The Morgan fingerprint density at radius 2 is 2.19 bits per heavy atom. The molecule has 26 heavy (non-hydrogen) atoms. The number of benzene rings is 1. The van der Waals surface area contributed by atoms with E-state index in [-0.39, 0.29) is 39.3 Å². The van der Waals surface area contributed by atoms with Gasteiger partial charge in [0.25, 0.3) is 0 Å². The average molecular weight is 352 g/mol. The van der Waals surface area contributed by atoms with E-state index in [1.165, 1.54) is 12.7 Å². The topological polar surface area (TPSA) is 61.4 Å². The van der Waals surface area contributed by atoms with Crippen LogP contribution < -0.4 is 5.32 Å². The second-order valence-corrected chi connectivity index (χ2v) is 9.04. The van der Waals surface area contributed by atoms with Gasteiger partial charge in [-0.15, -0.1) is 0 Å². The predicted octanol–water partition coefficient (Wildman–Crippen LogP) is 2.57. The number of fused-ring (bicyclic) bond motifs is 1. The molecule has 1 N–H and O–H groups in total. The van der Waals surface area contributed by atoms with Gasteiger partial charge < -0.3 is 19.9 Å². The van der Waals surface area contributed by atoms with Crippen LogP contribution in [0.25, 0.3) is 0 Å². The molecule has 3 spiro atoms. The summed E-state index contributed by atoms with van der Waals surface area (Å²) in [5, 5.41) is 17.7. The molecule has 6 rings (SSSR count). The van der Waals surface area contributed by atoms with Crippen molar-refractivity contribution >= 4 is 11.7 Å². The molecule has 3 aliphatic heterocycles. The van der Waals surface area contributed by atoms with Crippen LogP contribution in [0.5, 0.6) is 0 Å². The van der Waals surface area contributed by atoms with Crippen molar-refractivity contribution in [2.75, 3.05) is 25.5 Å². The van der Waals surface area contributed by atoms with Crippen LogP contribution in [0.1, 0.15) is 25.3 Å². The minimum atomic E-state index is -0.423. The number of carbonyl (C=O) groups is 1. The number of anilines is 1. The first-order valence-electron chi connectivity index (χ1n) is 9.67. The summed E-state index contributed by atoms with van der Waals surface area (Å²) in [4.78, 5) is 12.9. The highest BCUT2D eigenvalue weighted by molar-refractivity contribution is 5.82. The smallest absolute Gasteiger partial charge is 0.311 e. The maximum atomic E-state index is 13.9. The second-order valence-electron chi connectivity index (χ2n) is 9.04. The third kappa shape index (κ3) is 1.19. The van der Waals surface area contributed by atoms with Crippen molar-refractivity contribution in [2.45, 2.75) is 36.8 Å². The highest BCUT2D eigenvalue weighted by Crippen LogP contribution is 2.80. The van der Waals surface area contributed by atoms with Gasteiger partial charge in [-0.2, -0.15) is 0 Å². The van der Waals surface area contributed by atoms with Crippen LogP contribution in [0, 0.1) is 22.5 Å². The summed E-state index contributed by atoms with van der Waals surface area (Å²) in [5.74, 6) is -0.151. The first-order chi connectivity index (χ1) is 12.5. The lowest BCUT2D eigenvalue weighted by Gasteiger charge is -2.56. The van der Waals surface area contributed by atoms with E-state index < -0.39 is 5.54 Å². The zero-order chi connectivity index (χ0) is 17.9. The molecule has 0 amide bonds. The fraction of sp³-hybridized carbons (Fsp3) is 0.571. The lowest BCUT2D eigenvalue weighted by Crippen LogP contribution is -2.66. The van der Waals surface area contributed by atoms with E-state index in [0.717, 1.165) is 12.1 Å². The number of para-hydroxylation sites is 1. The third-order valence-electron chi connectivity index (χ3n) is 8.74. The molecule has 3 heterocycles. The molecule has 7 atom stereocenters. The molecular formula is C21H24N2O3. The monoisotopic (exact) mass is 352 g/mol. The Balaban J connectivity index is 1.71. The van der Waals surface area contributed by atoms with E-state index in [1.54, 1.807) is 0 Å². The van der Waals surface area contributed by atoms with Crippen LogP contribution in [0.2, 0.25) is 0 Å². The number of carbonyl (C=O) groups excluding carboxylic acids is 1. The van der Waals surface area contributed by atoms with Gasteiger partial charge in [0, 0.05) is 17.5 Å². The van der Waals surface area contributed by atoms with Gasteiger partial charge in [-0.3, -0.25) is 4.79 Å². The lowest BCUT2D eigenvalue weighted by molar-refractivity contribution is -0.897. The molecule has 3 fully saturated rings. The molecule has 2 saturated carbocycles. The molecule has 0 aromatic heterocycles. The molecule has 2 aliphatic carbocycles. The summed E-state index contributed by atoms with van der Waals surface area (Å²) in [7, 11) is 1.48. The van der Waals surface area contributed by atoms with Crippen molar-refractivity contribution in [3.05, 3.63) is 47.2 Å². The normalized spacial score (nSPS) is 51.6. The summed E-state index contributed by atoms with van der Waals surface area (Å²) < 4.78 is 5.12. The Labute approximate surface area is 153 Å². The molecule has 5 nitrogen and oxygen atoms in total. The van der Waals surface area contributed by atoms with Crippen molar-refractivity contribution in [2.24, 2.45) is 17.3 Å². The van der Waals surface area contributed by atoms with Crippen LogP contribution >= 0.6 is 0 Å². The maximum Gasteiger partial charge on any atom is 0.311 e. The standard InChI is InChI=1S/C21H24N2O3/c1-13-19-8-5-10-23(25)11-9-20(18(19)23)14-6-3-4-7-16(14)22-21(13,20)15(12-19)17(24)26-2/h3-8,13,15,18,22H,9-12H2,1-2H3. The number of esters is 1. The predicted molar refractivity (Wildman–Crippen MR) is 97.1 cm³/mol. The van der Waals surface area contributed by atoms with Gasteiger partial charge in [0.15, 0.2) is 0 Å². The van der Waals surface area contributed by atoms with Gasteiger partial charge in [0.05, 0.1) is 37.1 Å². The summed E-state index contributed by atoms with van der Waals surface area (Å²) in [5.41, 5.74) is 1.42. The van der Waals surface area contributed by atoms with Gasteiger partial charge in [0.2, 0.25) is 0 Å². The Morgan fingerprint density at radius 1 is 1.38 bits per heavy atom. The Kier molecular flexibility index (Phi) is 2.45. The van der Waals surface area contributed by atoms with E-state index in [2.05, 4.69) is 42.6 Å². The largest absolute Gasteiger partial charge is 0.632 e. The Hall–Kier alpha value is -1.85. The summed E-state index contributed by atoms with van der Waals surface area (Å²) >= 11 is 0. The second kappa shape index (κ2) is 4.18. The lowest BCUT2D eigenvalue weighted by atomic mass is 9.57. The number of nitrogens with one attached hydrogen (secondary N) is 1. The number of nitrogens with zero attached hydrogens (tertiary/aromatic N) is 1. The quantitative estimate of drug-likeness (QED) is 0.365. The van der Waals surface area contributed by atoms with Gasteiger partial charge in [-0.05, 0) is 30.0 Å². The van der Waals surface area contributed by atoms with Gasteiger partial charge in [-0.1, -0.05) is 31.2 Å². The van der Waals surface area contributed by atoms with Gasteiger partial charge in [-0.25, -0.2) is 0 Å². The minimum Gasteiger partial charge on any atom is -0.632 e. The molecule has 0 radical (unpaired) electrons. The summed E-state index contributed by atoms with van der Waals surface area (Å²) in [6.07, 6.45) is 5.93. The molecular weight excluding hydrogens is 328 g/mol. The van der Waals surface area contributed by atoms with Crippen molar-refractivity contribution in [1.29, 1.82) is 0 Å². The molecule has 5 aliphatic rings. The Bertz CT molecular complexity index is 884. The number of ether oxygens (including phenoxy) is 1. The van der Waals surface area contributed by atoms with E-state index >= 15 is 0 Å². The Morgan fingerprint density at radius 3 is 3.00 bits per heavy atom. The van der Waals surface area contributed by atoms with Gasteiger partial charge in [0.1, 0.15) is 6.04 Å². The molecule has 1 saturated heterocycles. The SMILES string of the molecule is COC(=O)C1CC23C=CC[N+]4([O-])CCC5(c6ccccc6NC15C2C)C34. The van der Waals surface area contributed by atoms with Gasteiger partial charge >= 0.3 is 5.97 Å². The first kappa shape index (κ1) is 15.2. The zero-order valence-electron chi connectivity index (χ0n) is 15.2. The minimum absolute atomic E-state index is 0.00736. The molecule has 7 unspecified atom stereocenters. The third-order valence-corrected chi connectivity index (χ3v) is 8.74. The van der Waals surface area contributed by atoms with Crippen LogP contribution in [0.3, 0.4) is 0 Å². The number of methoxy groups -OCH3 is 1. The van der Waals surface area contributed by atoms with Crippen molar-refractivity contribution in [3.63, 3.8) is 0 Å². The van der Waals surface area contributed by atoms with E-state index in [4.69, 9.17) is 4.74 Å². The van der Waals surface area contributed by atoms with Crippen LogP contribution in [-0.4, -0.2) is 42.4 Å². The van der Waals surface area contributed by atoms with E-state index in [9.17, 15) is 10.0 Å². The maximum absolute atomic E-state index is 13.9. The molecule has 1 aromatic carbocycles. The van der Waals surface area contributed by atoms with Crippen LogP contribution in [0.15, 0.2) is 36.4 Å². The van der Waals surface area contributed by atoms with E-state index in [0.29, 0.717) is 19.5 Å². The molecule has 5 heteroatoms. The number of hydrogen-bond acceptors (Lipinski definition) is 4. The number of hydrogen-bond donors (Lipinski definition) is 1. The first-order valence-corrected chi connectivity index (χ1v) is 9.67. The van der Waals surface area contributed by atoms with Crippen molar-refractivity contribution in [1.82, 2.24) is 0 Å². The highest BCUT2D eigenvalue weighted by Gasteiger charge is 2.89. The highest BCUT2D eigenvalue weighted by atomic mass is 16.6. The number of hydroxylamine groups is 3. The van der Waals surface area contributed by atoms with Crippen molar-refractivity contribution < 1.29 is 14.2 Å².